The maximum atomic E-state index is 12.3. The molecule has 0 saturated carbocycles. The molecule has 0 aliphatic heterocycles. The summed E-state index contributed by atoms with van der Waals surface area (Å²) in [5.41, 5.74) is 0.498. The van der Waals surface area contributed by atoms with Crippen LogP contribution in [0.5, 0.6) is 0 Å². The van der Waals surface area contributed by atoms with Crippen LogP contribution in [0.4, 0.5) is 0 Å². The van der Waals surface area contributed by atoms with Gasteiger partial charge in [-0.2, -0.15) is 0 Å². The average Bonchev–Trinajstić information content (AvgIpc) is 2.35. The van der Waals surface area contributed by atoms with E-state index in [4.69, 9.17) is 0 Å². The van der Waals surface area contributed by atoms with Crippen molar-refractivity contribution in [3.05, 3.63) is 29.8 Å². The summed E-state index contributed by atoms with van der Waals surface area (Å²) >= 11 is 0. The molecule has 1 rings (SSSR count). The molecule has 0 spiro atoms. The molecule has 0 atom stereocenters. The Morgan fingerprint density at radius 3 is 1.90 bits per heavy atom. The van der Waals surface area contributed by atoms with Gasteiger partial charge in [0.2, 0.25) is 10.0 Å². The zero-order valence-corrected chi connectivity index (χ0v) is 14.4. The lowest BCUT2D eigenvalue weighted by Crippen LogP contribution is -2.34. The average molecular weight is 312 g/mol. The van der Waals surface area contributed by atoms with E-state index >= 15 is 0 Å². The molecule has 0 radical (unpaired) electrons. The number of sulfonamides is 1. The largest absolute Gasteiger partial charge is 0.341 e. The summed E-state index contributed by atoms with van der Waals surface area (Å²) in [5.74, 6) is -0.112. The van der Waals surface area contributed by atoms with E-state index in [2.05, 4.69) is 20.8 Å². The first kappa shape index (κ1) is 17.7. The number of hydrogen-bond acceptors (Lipinski definition) is 3. The fraction of sp³-hybridized carbons (Fsp3) is 0.533. The molecule has 21 heavy (non-hydrogen) atoms. The summed E-state index contributed by atoms with van der Waals surface area (Å²) in [4.78, 5) is 14.1. The summed E-state index contributed by atoms with van der Waals surface area (Å²) in [6.07, 6.45) is 0. The number of nitrogens with zero attached hydrogens (tertiary/aromatic N) is 2. The van der Waals surface area contributed by atoms with Gasteiger partial charge in [-0.15, -0.1) is 0 Å². The minimum Gasteiger partial charge on any atom is -0.341 e. The van der Waals surface area contributed by atoms with Crippen LogP contribution in [0.25, 0.3) is 0 Å². The predicted molar refractivity (Wildman–Crippen MR) is 83.7 cm³/mol. The van der Waals surface area contributed by atoms with E-state index in [1.807, 2.05) is 0 Å². The molecule has 6 heteroatoms. The smallest absolute Gasteiger partial charge is 0.253 e. The number of benzene rings is 1. The van der Waals surface area contributed by atoms with E-state index in [1.165, 1.54) is 26.2 Å². The SMILES string of the molecule is CN(CC(C)(C)C)C(=O)c1ccc(S(=O)(=O)N(C)C)cc1. The van der Waals surface area contributed by atoms with E-state index in [0.717, 1.165) is 4.31 Å². The quantitative estimate of drug-likeness (QED) is 0.855. The summed E-state index contributed by atoms with van der Waals surface area (Å²) < 4.78 is 25.1. The number of carbonyl (C=O) groups excluding carboxylic acids is 1. The zero-order chi connectivity index (χ0) is 16.4. The predicted octanol–water partition coefficient (Wildman–Crippen LogP) is 2.06. The Morgan fingerprint density at radius 1 is 1.05 bits per heavy atom. The highest BCUT2D eigenvalue weighted by atomic mass is 32.2. The van der Waals surface area contributed by atoms with E-state index in [-0.39, 0.29) is 16.2 Å². The molecule has 0 aliphatic rings. The third-order valence-electron chi connectivity index (χ3n) is 2.94. The van der Waals surface area contributed by atoms with Gasteiger partial charge in [0.05, 0.1) is 4.90 Å². The Labute approximate surface area is 127 Å². The van der Waals surface area contributed by atoms with Crippen LogP contribution in [0, 0.1) is 5.41 Å². The topological polar surface area (TPSA) is 57.7 Å². The Balaban J connectivity index is 2.96. The molecule has 0 saturated heterocycles. The standard InChI is InChI=1S/C15H24N2O3S/c1-15(2,3)11-17(6)14(18)12-7-9-13(10-8-12)21(19,20)16(4)5/h7-10H,11H2,1-6H3. The van der Waals surface area contributed by atoms with Crippen LogP contribution in [-0.4, -0.2) is 51.2 Å². The lowest BCUT2D eigenvalue weighted by Gasteiger charge is -2.26. The van der Waals surface area contributed by atoms with Gasteiger partial charge in [-0.05, 0) is 29.7 Å². The molecular formula is C15H24N2O3S. The van der Waals surface area contributed by atoms with Crippen molar-refractivity contribution in [2.45, 2.75) is 25.7 Å². The Morgan fingerprint density at radius 2 is 1.52 bits per heavy atom. The lowest BCUT2D eigenvalue weighted by molar-refractivity contribution is 0.0745. The van der Waals surface area contributed by atoms with E-state index in [1.54, 1.807) is 24.1 Å². The Bertz CT molecular complexity index is 599. The molecule has 0 heterocycles. The van der Waals surface area contributed by atoms with Crippen LogP contribution >= 0.6 is 0 Å². The van der Waals surface area contributed by atoms with Crippen LogP contribution in [0.3, 0.4) is 0 Å². The van der Waals surface area contributed by atoms with Crippen molar-refractivity contribution in [2.24, 2.45) is 5.41 Å². The van der Waals surface area contributed by atoms with Gasteiger partial charge >= 0.3 is 0 Å². The van der Waals surface area contributed by atoms with Crippen molar-refractivity contribution >= 4 is 15.9 Å². The molecule has 1 aromatic carbocycles. The highest BCUT2D eigenvalue weighted by Crippen LogP contribution is 2.18. The van der Waals surface area contributed by atoms with Gasteiger partial charge in [-0.3, -0.25) is 4.79 Å². The summed E-state index contributed by atoms with van der Waals surface area (Å²) in [6.45, 7) is 6.81. The monoisotopic (exact) mass is 312 g/mol. The lowest BCUT2D eigenvalue weighted by atomic mass is 9.96. The third kappa shape index (κ3) is 4.54. The van der Waals surface area contributed by atoms with Gasteiger partial charge < -0.3 is 4.90 Å². The summed E-state index contributed by atoms with van der Waals surface area (Å²) in [7, 11) is 1.24. The van der Waals surface area contributed by atoms with Crippen molar-refractivity contribution in [2.75, 3.05) is 27.7 Å². The van der Waals surface area contributed by atoms with Crippen molar-refractivity contribution < 1.29 is 13.2 Å². The molecule has 0 fully saturated rings. The van der Waals surface area contributed by atoms with Gasteiger partial charge in [-0.1, -0.05) is 20.8 Å². The third-order valence-corrected chi connectivity index (χ3v) is 4.77. The van der Waals surface area contributed by atoms with Gasteiger partial charge in [-0.25, -0.2) is 12.7 Å². The summed E-state index contributed by atoms with van der Waals surface area (Å²) in [6, 6.07) is 6.04. The fourth-order valence-corrected chi connectivity index (χ4v) is 2.89. The van der Waals surface area contributed by atoms with Crippen molar-refractivity contribution in [1.82, 2.24) is 9.21 Å². The fourth-order valence-electron chi connectivity index (χ4n) is 1.98. The number of carbonyl (C=O) groups is 1. The number of amides is 1. The first-order valence-corrected chi connectivity index (χ1v) is 8.17. The Hall–Kier alpha value is -1.40. The van der Waals surface area contributed by atoms with Crippen molar-refractivity contribution in [3.63, 3.8) is 0 Å². The highest BCUT2D eigenvalue weighted by molar-refractivity contribution is 7.89. The molecule has 0 bridgehead atoms. The molecule has 0 aliphatic carbocycles. The molecule has 1 aromatic rings. The van der Waals surface area contributed by atoms with Gasteiger partial charge in [0.1, 0.15) is 0 Å². The van der Waals surface area contributed by atoms with E-state index in [0.29, 0.717) is 12.1 Å². The van der Waals surface area contributed by atoms with Crippen molar-refractivity contribution in [3.8, 4) is 0 Å². The van der Waals surface area contributed by atoms with Crippen LogP contribution in [0.1, 0.15) is 31.1 Å². The van der Waals surface area contributed by atoms with Crippen LogP contribution in [0.2, 0.25) is 0 Å². The maximum Gasteiger partial charge on any atom is 0.253 e. The zero-order valence-electron chi connectivity index (χ0n) is 13.5. The number of rotatable bonds is 4. The molecule has 0 N–H and O–H groups in total. The van der Waals surface area contributed by atoms with Crippen LogP contribution < -0.4 is 0 Å². The number of hydrogen-bond donors (Lipinski definition) is 0. The highest BCUT2D eigenvalue weighted by Gasteiger charge is 2.21. The second kappa shape index (κ2) is 6.15. The normalized spacial score (nSPS) is 12.5. The molecule has 1 amide bonds. The van der Waals surface area contributed by atoms with Gasteiger partial charge in [0.25, 0.3) is 5.91 Å². The van der Waals surface area contributed by atoms with Gasteiger partial charge in [0.15, 0.2) is 0 Å². The van der Waals surface area contributed by atoms with Crippen LogP contribution in [0.15, 0.2) is 29.2 Å². The molecule has 0 aromatic heterocycles. The maximum absolute atomic E-state index is 12.3. The molecular weight excluding hydrogens is 288 g/mol. The molecule has 5 nitrogen and oxygen atoms in total. The second-order valence-electron chi connectivity index (χ2n) is 6.53. The van der Waals surface area contributed by atoms with Gasteiger partial charge in [0, 0.05) is 33.3 Å². The van der Waals surface area contributed by atoms with E-state index in [9.17, 15) is 13.2 Å². The second-order valence-corrected chi connectivity index (χ2v) is 8.69. The van der Waals surface area contributed by atoms with Crippen LogP contribution in [-0.2, 0) is 10.0 Å². The molecule has 0 unspecified atom stereocenters. The Kier molecular flexibility index (Phi) is 5.17. The van der Waals surface area contributed by atoms with Crippen molar-refractivity contribution in [1.29, 1.82) is 0 Å². The first-order valence-electron chi connectivity index (χ1n) is 6.73. The summed E-state index contributed by atoms with van der Waals surface area (Å²) in [5, 5.41) is 0. The molecule has 118 valence electrons. The minimum atomic E-state index is -3.46. The first-order chi connectivity index (χ1) is 9.45. The minimum absolute atomic E-state index is 0.0125. The van der Waals surface area contributed by atoms with E-state index < -0.39 is 10.0 Å².